The first kappa shape index (κ1) is 25.6. The van der Waals surface area contributed by atoms with Gasteiger partial charge in [0.1, 0.15) is 6.10 Å². The molecule has 0 aliphatic heterocycles. The number of ether oxygens (including phenoxy) is 2. The van der Waals surface area contributed by atoms with E-state index >= 15 is 0 Å². The molecular formula is C25H40O6. The van der Waals surface area contributed by atoms with E-state index in [0.29, 0.717) is 12.3 Å². The standard InChI is InChI=1S/C25H40O6/c1-5-16(3)25(29)31-22-9-7-8-18-11-10-17(4)21(24(18)22)13-12-19(26)14-20(27)15-23(28)30-6-2/h8,10-11,16-17,19-22,24,26-27H,5-7,9,12-15H2,1-4H3/t16-,17-,19+,20+,21-,22-,24-/m0/s1. The molecule has 0 aromatic heterocycles. The van der Waals surface area contributed by atoms with Crippen LogP contribution in [0.2, 0.25) is 0 Å². The first-order valence-corrected chi connectivity index (χ1v) is 11.9. The molecule has 6 heteroatoms. The number of hydrogen-bond donors (Lipinski definition) is 2. The lowest BCUT2D eigenvalue weighted by Crippen LogP contribution is -2.40. The number of aliphatic hydroxyl groups excluding tert-OH is 2. The maximum atomic E-state index is 12.5. The summed E-state index contributed by atoms with van der Waals surface area (Å²) in [6.07, 6.45) is 8.70. The second-order valence-corrected chi connectivity index (χ2v) is 9.10. The topological polar surface area (TPSA) is 93.1 Å². The molecule has 0 amide bonds. The fraction of sp³-hybridized carbons (Fsp3) is 0.760. The lowest BCUT2D eigenvalue weighted by Gasteiger charge is -2.42. The summed E-state index contributed by atoms with van der Waals surface area (Å²) >= 11 is 0. The van der Waals surface area contributed by atoms with Crippen LogP contribution >= 0.6 is 0 Å². The van der Waals surface area contributed by atoms with Gasteiger partial charge in [-0.05, 0) is 62.9 Å². The summed E-state index contributed by atoms with van der Waals surface area (Å²) in [7, 11) is 0. The minimum absolute atomic E-state index is 0.101. The van der Waals surface area contributed by atoms with Gasteiger partial charge in [0, 0.05) is 5.92 Å². The third-order valence-corrected chi connectivity index (χ3v) is 6.71. The highest BCUT2D eigenvalue weighted by atomic mass is 16.5. The normalized spacial score (nSPS) is 28.1. The molecular weight excluding hydrogens is 396 g/mol. The van der Waals surface area contributed by atoms with Gasteiger partial charge in [0.2, 0.25) is 0 Å². The minimum Gasteiger partial charge on any atom is -0.466 e. The van der Waals surface area contributed by atoms with Gasteiger partial charge in [-0.3, -0.25) is 9.59 Å². The molecule has 0 aromatic carbocycles. The SMILES string of the molecule is CCOC(=O)C[C@H](O)C[C@H](O)CC[C@@H]1[C@@H]2C(=CCC[C@@H]2OC(=O)[C@@H](C)CC)C=C[C@@H]1C. The van der Waals surface area contributed by atoms with Crippen LogP contribution in [0.25, 0.3) is 0 Å². The first-order chi connectivity index (χ1) is 14.8. The molecule has 2 aliphatic carbocycles. The van der Waals surface area contributed by atoms with Gasteiger partial charge in [-0.25, -0.2) is 0 Å². The van der Waals surface area contributed by atoms with E-state index in [9.17, 15) is 19.8 Å². The van der Waals surface area contributed by atoms with E-state index in [-0.39, 0.29) is 49.3 Å². The third-order valence-electron chi connectivity index (χ3n) is 6.71. The van der Waals surface area contributed by atoms with Crippen LogP contribution in [0.4, 0.5) is 0 Å². The molecule has 0 radical (unpaired) electrons. The molecule has 2 N–H and O–H groups in total. The minimum atomic E-state index is -0.910. The Morgan fingerprint density at radius 1 is 1.23 bits per heavy atom. The average molecular weight is 437 g/mol. The van der Waals surface area contributed by atoms with Crippen molar-refractivity contribution in [3.8, 4) is 0 Å². The second-order valence-electron chi connectivity index (χ2n) is 9.10. The van der Waals surface area contributed by atoms with E-state index in [1.54, 1.807) is 6.92 Å². The Bertz CT molecular complexity index is 654. The smallest absolute Gasteiger partial charge is 0.308 e. The van der Waals surface area contributed by atoms with Crippen molar-refractivity contribution in [2.24, 2.45) is 23.7 Å². The number of rotatable bonds is 11. The van der Waals surface area contributed by atoms with Crippen LogP contribution in [0.3, 0.4) is 0 Å². The Kier molecular flexibility index (Phi) is 10.2. The number of hydrogen-bond acceptors (Lipinski definition) is 6. The number of esters is 2. The van der Waals surface area contributed by atoms with E-state index in [0.717, 1.165) is 25.7 Å². The van der Waals surface area contributed by atoms with Crippen LogP contribution in [-0.4, -0.2) is 47.1 Å². The van der Waals surface area contributed by atoms with Crippen LogP contribution < -0.4 is 0 Å². The molecule has 2 aliphatic rings. The lowest BCUT2D eigenvalue weighted by molar-refractivity contribution is -0.158. The fourth-order valence-corrected chi connectivity index (χ4v) is 4.70. The van der Waals surface area contributed by atoms with Crippen LogP contribution in [0.1, 0.15) is 72.6 Å². The summed E-state index contributed by atoms with van der Waals surface area (Å²) < 4.78 is 10.8. The quantitative estimate of drug-likeness (QED) is 0.477. The number of carbonyl (C=O) groups excluding carboxylic acids is 2. The van der Waals surface area contributed by atoms with E-state index in [4.69, 9.17) is 9.47 Å². The summed E-state index contributed by atoms with van der Waals surface area (Å²) in [4.78, 5) is 24.0. The molecule has 0 fully saturated rings. The van der Waals surface area contributed by atoms with E-state index in [1.807, 2.05) is 13.8 Å². The second kappa shape index (κ2) is 12.4. The zero-order chi connectivity index (χ0) is 23.0. The Morgan fingerprint density at radius 2 is 1.97 bits per heavy atom. The van der Waals surface area contributed by atoms with Gasteiger partial charge >= 0.3 is 11.9 Å². The number of carbonyl (C=O) groups is 2. The Balaban J connectivity index is 1.98. The predicted octanol–water partition coefficient (Wildman–Crippen LogP) is 3.95. The fourth-order valence-electron chi connectivity index (χ4n) is 4.70. The van der Waals surface area contributed by atoms with E-state index in [1.165, 1.54) is 5.57 Å². The third kappa shape index (κ3) is 7.46. The number of aliphatic hydroxyl groups is 2. The van der Waals surface area contributed by atoms with Crippen molar-refractivity contribution in [2.45, 2.75) is 91.0 Å². The van der Waals surface area contributed by atoms with Crippen molar-refractivity contribution in [1.82, 2.24) is 0 Å². The van der Waals surface area contributed by atoms with Crippen molar-refractivity contribution in [2.75, 3.05) is 6.61 Å². The number of allylic oxidation sites excluding steroid dienone is 3. The maximum absolute atomic E-state index is 12.5. The summed E-state index contributed by atoms with van der Waals surface area (Å²) in [5.41, 5.74) is 1.23. The summed E-state index contributed by atoms with van der Waals surface area (Å²) in [5, 5.41) is 20.5. The van der Waals surface area contributed by atoms with Gasteiger partial charge in [0.05, 0.1) is 31.2 Å². The van der Waals surface area contributed by atoms with Gasteiger partial charge in [-0.2, -0.15) is 0 Å². The molecule has 7 atom stereocenters. The van der Waals surface area contributed by atoms with Crippen LogP contribution in [-0.2, 0) is 19.1 Å². The van der Waals surface area contributed by atoms with Gasteiger partial charge in [0.15, 0.2) is 0 Å². The maximum Gasteiger partial charge on any atom is 0.308 e. The molecule has 176 valence electrons. The molecule has 0 unspecified atom stereocenters. The summed E-state index contributed by atoms with van der Waals surface area (Å²) in [6.45, 7) is 8.06. The van der Waals surface area contributed by atoms with Crippen LogP contribution in [0.5, 0.6) is 0 Å². The average Bonchev–Trinajstić information content (AvgIpc) is 2.72. The van der Waals surface area contributed by atoms with E-state index < -0.39 is 18.2 Å². The molecule has 0 spiro atoms. The van der Waals surface area contributed by atoms with E-state index in [2.05, 4.69) is 25.2 Å². The molecule has 31 heavy (non-hydrogen) atoms. The van der Waals surface area contributed by atoms with Gasteiger partial charge in [-0.15, -0.1) is 0 Å². The largest absolute Gasteiger partial charge is 0.466 e. The molecule has 0 bridgehead atoms. The zero-order valence-corrected chi connectivity index (χ0v) is 19.5. The Labute approximate surface area is 186 Å². The molecule has 0 heterocycles. The molecule has 2 rings (SSSR count). The first-order valence-electron chi connectivity index (χ1n) is 11.9. The lowest BCUT2D eigenvalue weighted by atomic mass is 9.66. The van der Waals surface area contributed by atoms with Crippen molar-refractivity contribution >= 4 is 11.9 Å². The highest BCUT2D eigenvalue weighted by Crippen LogP contribution is 2.44. The molecule has 6 nitrogen and oxygen atoms in total. The predicted molar refractivity (Wildman–Crippen MR) is 119 cm³/mol. The van der Waals surface area contributed by atoms with Crippen molar-refractivity contribution in [1.29, 1.82) is 0 Å². The monoisotopic (exact) mass is 436 g/mol. The van der Waals surface area contributed by atoms with Gasteiger partial charge in [-0.1, -0.05) is 39.0 Å². The molecule has 0 saturated heterocycles. The van der Waals surface area contributed by atoms with Crippen molar-refractivity contribution in [3.05, 3.63) is 23.8 Å². The Hall–Kier alpha value is -1.66. The van der Waals surface area contributed by atoms with Crippen molar-refractivity contribution < 1.29 is 29.3 Å². The van der Waals surface area contributed by atoms with Crippen molar-refractivity contribution in [3.63, 3.8) is 0 Å². The summed E-state index contributed by atoms with van der Waals surface area (Å²) in [6, 6.07) is 0. The molecule has 0 aromatic rings. The highest BCUT2D eigenvalue weighted by Gasteiger charge is 2.40. The Morgan fingerprint density at radius 3 is 2.65 bits per heavy atom. The zero-order valence-electron chi connectivity index (χ0n) is 19.5. The highest BCUT2D eigenvalue weighted by molar-refractivity contribution is 5.72. The van der Waals surface area contributed by atoms with Gasteiger partial charge in [0.25, 0.3) is 0 Å². The molecule has 0 saturated carbocycles. The van der Waals surface area contributed by atoms with Gasteiger partial charge < -0.3 is 19.7 Å². The summed E-state index contributed by atoms with van der Waals surface area (Å²) in [5.74, 6) is 0.0170. The van der Waals surface area contributed by atoms with Crippen LogP contribution in [0.15, 0.2) is 23.8 Å². The number of fused-ring (bicyclic) bond motifs is 1. The van der Waals surface area contributed by atoms with Crippen LogP contribution in [0, 0.1) is 23.7 Å².